The van der Waals surface area contributed by atoms with Crippen molar-refractivity contribution in [1.82, 2.24) is 0 Å². The van der Waals surface area contributed by atoms with E-state index in [9.17, 15) is 0 Å². The predicted octanol–water partition coefficient (Wildman–Crippen LogP) is 2.60. The van der Waals surface area contributed by atoms with Gasteiger partial charge in [0.2, 0.25) is 0 Å². The molecule has 13 heavy (non-hydrogen) atoms. The Morgan fingerprint density at radius 1 is 1.54 bits per heavy atom. The van der Waals surface area contributed by atoms with Crippen LogP contribution in [0.5, 0.6) is 0 Å². The maximum absolute atomic E-state index is 5.86. The van der Waals surface area contributed by atoms with Gasteiger partial charge in [0.1, 0.15) is 0 Å². The third-order valence-corrected chi connectivity index (χ3v) is 4.41. The molecule has 0 aromatic carbocycles. The molecule has 0 aliphatic heterocycles. The van der Waals surface area contributed by atoms with Gasteiger partial charge < -0.3 is 9.47 Å². The molecule has 1 aliphatic rings. The molecule has 1 fully saturated rings. The first-order valence-corrected chi connectivity index (χ1v) is 5.68. The van der Waals surface area contributed by atoms with Crippen LogP contribution in [0.25, 0.3) is 0 Å². The van der Waals surface area contributed by atoms with Crippen LogP contribution in [0.1, 0.15) is 27.2 Å². The molecule has 0 aromatic heterocycles. The summed E-state index contributed by atoms with van der Waals surface area (Å²) in [6, 6.07) is 0. The summed E-state index contributed by atoms with van der Waals surface area (Å²) in [5.74, 6) is 0. The molecule has 0 aromatic rings. The minimum Gasteiger partial charge on any atom is -0.382 e. The van der Waals surface area contributed by atoms with E-state index in [1.807, 2.05) is 0 Å². The van der Waals surface area contributed by atoms with Crippen LogP contribution in [0.15, 0.2) is 0 Å². The van der Waals surface area contributed by atoms with Crippen LogP contribution in [-0.4, -0.2) is 30.8 Å². The fraction of sp³-hybridized carbons (Fsp3) is 1.00. The van der Waals surface area contributed by atoms with Gasteiger partial charge in [-0.2, -0.15) is 0 Å². The van der Waals surface area contributed by atoms with Gasteiger partial charge in [-0.3, -0.25) is 0 Å². The van der Waals surface area contributed by atoms with E-state index in [1.54, 1.807) is 7.11 Å². The van der Waals surface area contributed by atoms with Gasteiger partial charge in [0.15, 0.2) is 0 Å². The number of hydrogen-bond donors (Lipinski definition) is 0. The lowest BCUT2D eigenvalue weighted by Gasteiger charge is -2.49. The molecule has 1 rings (SSSR count). The van der Waals surface area contributed by atoms with Gasteiger partial charge in [-0.1, -0.05) is 29.8 Å². The predicted molar refractivity (Wildman–Crippen MR) is 57.3 cm³/mol. The molecule has 0 radical (unpaired) electrons. The fourth-order valence-electron chi connectivity index (χ4n) is 1.62. The summed E-state index contributed by atoms with van der Waals surface area (Å²) in [5, 5.41) is 0. The largest absolute Gasteiger partial charge is 0.382 e. The van der Waals surface area contributed by atoms with Crippen LogP contribution < -0.4 is 0 Å². The molecule has 0 spiro atoms. The monoisotopic (exact) mass is 250 g/mol. The molecule has 3 unspecified atom stereocenters. The zero-order valence-corrected chi connectivity index (χ0v) is 10.4. The standard InChI is InChI=1S/C10H19BrO2/c1-7(6-12-4)13-9-5-8(11)10(9,2)3/h7-9H,5-6H2,1-4H3. The number of rotatable bonds is 4. The lowest BCUT2D eigenvalue weighted by Crippen LogP contribution is -2.52. The Hall–Kier alpha value is 0.400. The Morgan fingerprint density at radius 3 is 2.54 bits per heavy atom. The minimum atomic E-state index is 0.203. The van der Waals surface area contributed by atoms with E-state index in [0.29, 0.717) is 17.5 Å². The Morgan fingerprint density at radius 2 is 2.15 bits per heavy atom. The van der Waals surface area contributed by atoms with Gasteiger partial charge in [0, 0.05) is 17.4 Å². The Balaban J connectivity index is 2.31. The average Bonchev–Trinajstić information content (AvgIpc) is 2.04. The molecule has 1 aliphatic carbocycles. The summed E-state index contributed by atoms with van der Waals surface area (Å²) >= 11 is 3.64. The quantitative estimate of drug-likeness (QED) is 0.715. The first-order valence-electron chi connectivity index (χ1n) is 4.77. The van der Waals surface area contributed by atoms with E-state index in [2.05, 4.69) is 36.7 Å². The van der Waals surface area contributed by atoms with Crippen LogP contribution in [0, 0.1) is 5.41 Å². The Bertz CT molecular complexity index is 170. The van der Waals surface area contributed by atoms with Crippen molar-refractivity contribution in [2.45, 2.75) is 44.2 Å². The summed E-state index contributed by atoms with van der Waals surface area (Å²) in [4.78, 5) is 0.597. The first kappa shape index (κ1) is 11.5. The van der Waals surface area contributed by atoms with E-state index in [-0.39, 0.29) is 11.5 Å². The van der Waals surface area contributed by atoms with Crippen molar-refractivity contribution in [1.29, 1.82) is 0 Å². The van der Waals surface area contributed by atoms with E-state index >= 15 is 0 Å². The normalized spacial score (nSPS) is 33.9. The van der Waals surface area contributed by atoms with E-state index in [4.69, 9.17) is 9.47 Å². The third-order valence-electron chi connectivity index (χ3n) is 2.86. The van der Waals surface area contributed by atoms with Crippen molar-refractivity contribution < 1.29 is 9.47 Å². The van der Waals surface area contributed by atoms with Crippen LogP contribution >= 0.6 is 15.9 Å². The number of ether oxygens (including phenoxy) is 2. The SMILES string of the molecule is COCC(C)OC1CC(Br)C1(C)C. The van der Waals surface area contributed by atoms with E-state index < -0.39 is 0 Å². The topological polar surface area (TPSA) is 18.5 Å². The summed E-state index contributed by atoms with van der Waals surface area (Å²) in [7, 11) is 1.71. The van der Waals surface area contributed by atoms with Crippen molar-refractivity contribution in [2.24, 2.45) is 5.41 Å². The molecular weight excluding hydrogens is 232 g/mol. The van der Waals surface area contributed by atoms with E-state index in [1.165, 1.54) is 0 Å². The second-order valence-corrected chi connectivity index (χ2v) is 5.52. The molecular formula is C10H19BrO2. The molecule has 0 N–H and O–H groups in total. The Kier molecular flexibility index (Phi) is 3.78. The highest BCUT2D eigenvalue weighted by atomic mass is 79.9. The lowest BCUT2D eigenvalue weighted by atomic mass is 9.69. The smallest absolute Gasteiger partial charge is 0.0784 e. The van der Waals surface area contributed by atoms with Crippen molar-refractivity contribution >= 4 is 15.9 Å². The first-order chi connectivity index (χ1) is 5.98. The second kappa shape index (κ2) is 4.28. The molecule has 0 heterocycles. The van der Waals surface area contributed by atoms with Crippen molar-refractivity contribution in [2.75, 3.05) is 13.7 Å². The molecule has 0 bridgehead atoms. The molecule has 3 heteroatoms. The highest BCUT2D eigenvalue weighted by Gasteiger charge is 2.48. The van der Waals surface area contributed by atoms with Gasteiger partial charge in [-0.25, -0.2) is 0 Å². The average molecular weight is 251 g/mol. The molecule has 0 amide bonds. The lowest BCUT2D eigenvalue weighted by molar-refractivity contribution is -0.130. The van der Waals surface area contributed by atoms with Crippen LogP contribution in [-0.2, 0) is 9.47 Å². The van der Waals surface area contributed by atoms with E-state index in [0.717, 1.165) is 6.42 Å². The molecule has 0 saturated heterocycles. The number of hydrogen-bond acceptors (Lipinski definition) is 2. The van der Waals surface area contributed by atoms with Crippen molar-refractivity contribution in [3.8, 4) is 0 Å². The molecule has 3 atom stereocenters. The van der Waals surface area contributed by atoms with Crippen LogP contribution in [0.4, 0.5) is 0 Å². The fourth-order valence-corrected chi connectivity index (χ4v) is 2.26. The molecule has 78 valence electrons. The molecule has 2 nitrogen and oxygen atoms in total. The van der Waals surface area contributed by atoms with Crippen molar-refractivity contribution in [3.05, 3.63) is 0 Å². The highest BCUT2D eigenvalue weighted by Crippen LogP contribution is 2.47. The summed E-state index contributed by atoms with van der Waals surface area (Å²) in [6.07, 6.45) is 1.69. The maximum atomic E-state index is 5.86. The zero-order chi connectivity index (χ0) is 10.1. The summed E-state index contributed by atoms with van der Waals surface area (Å²) in [5.41, 5.74) is 0.266. The number of methoxy groups -OCH3 is 1. The van der Waals surface area contributed by atoms with Gasteiger partial charge in [0.05, 0.1) is 18.8 Å². The second-order valence-electron chi connectivity index (χ2n) is 4.42. The van der Waals surface area contributed by atoms with Gasteiger partial charge in [0.25, 0.3) is 0 Å². The van der Waals surface area contributed by atoms with Gasteiger partial charge in [-0.15, -0.1) is 0 Å². The number of halogens is 1. The van der Waals surface area contributed by atoms with Crippen molar-refractivity contribution in [3.63, 3.8) is 0 Å². The highest BCUT2D eigenvalue weighted by molar-refractivity contribution is 9.09. The minimum absolute atomic E-state index is 0.203. The number of alkyl halides is 1. The Labute approximate surface area is 89.1 Å². The van der Waals surface area contributed by atoms with Crippen LogP contribution in [0.2, 0.25) is 0 Å². The summed E-state index contributed by atoms with van der Waals surface area (Å²) < 4.78 is 10.9. The van der Waals surface area contributed by atoms with Crippen LogP contribution in [0.3, 0.4) is 0 Å². The molecule has 1 saturated carbocycles. The maximum Gasteiger partial charge on any atom is 0.0784 e. The summed E-state index contributed by atoms with van der Waals surface area (Å²) in [6.45, 7) is 7.21. The van der Waals surface area contributed by atoms with Gasteiger partial charge in [-0.05, 0) is 13.3 Å². The van der Waals surface area contributed by atoms with Gasteiger partial charge >= 0.3 is 0 Å². The zero-order valence-electron chi connectivity index (χ0n) is 8.84. The third kappa shape index (κ3) is 2.45.